The molecule has 0 aromatic heterocycles. The topological polar surface area (TPSA) is 0 Å². The molecule has 14 heavy (non-hydrogen) atoms. The number of hydrogen-bond acceptors (Lipinski definition) is 0. The standard InChI is InChI=1S/C14H17/c1-7-9(2)14-8-10(3)11(4)12(5)13(14)6/h8-9H,2-6H3. The molecule has 1 rings (SSSR count). The number of benzene rings is 1. The van der Waals surface area contributed by atoms with Crippen LogP contribution in [0.5, 0.6) is 0 Å². The average Bonchev–Trinajstić information content (AvgIpc) is 2.19. The fourth-order valence-corrected chi connectivity index (χ4v) is 1.77. The van der Waals surface area contributed by atoms with Gasteiger partial charge in [0.25, 0.3) is 0 Å². The van der Waals surface area contributed by atoms with E-state index in [1.807, 2.05) is 6.92 Å². The van der Waals surface area contributed by atoms with Gasteiger partial charge in [-0.05, 0) is 68.9 Å². The maximum atomic E-state index is 7.19. The minimum Gasteiger partial charge on any atom is -0.0812 e. The smallest absolute Gasteiger partial charge is 0.0437 e. The van der Waals surface area contributed by atoms with Gasteiger partial charge in [-0.1, -0.05) is 12.0 Å². The van der Waals surface area contributed by atoms with Crippen molar-refractivity contribution in [3.63, 3.8) is 0 Å². The van der Waals surface area contributed by atoms with Crippen LogP contribution < -0.4 is 0 Å². The van der Waals surface area contributed by atoms with Gasteiger partial charge in [-0.2, -0.15) is 0 Å². The molecule has 0 amide bonds. The lowest BCUT2D eigenvalue weighted by Crippen LogP contribution is -2.00. The van der Waals surface area contributed by atoms with Gasteiger partial charge in [0.15, 0.2) is 0 Å². The molecule has 0 saturated heterocycles. The Balaban J connectivity index is 3.42. The van der Waals surface area contributed by atoms with Crippen LogP contribution in [0, 0.1) is 40.0 Å². The first-order valence-electron chi connectivity index (χ1n) is 4.98. The van der Waals surface area contributed by atoms with E-state index < -0.39 is 0 Å². The van der Waals surface area contributed by atoms with Gasteiger partial charge in [-0.25, -0.2) is 0 Å². The maximum Gasteiger partial charge on any atom is 0.0437 e. The highest BCUT2D eigenvalue weighted by molar-refractivity contribution is 5.46. The third-order valence-electron chi connectivity index (χ3n) is 3.20. The van der Waals surface area contributed by atoms with Crippen molar-refractivity contribution in [3.8, 4) is 5.92 Å². The van der Waals surface area contributed by atoms with Gasteiger partial charge < -0.3 is 0 Å². The van der Waals surface area contributed by atoms with E-state index in [0.29, 0.717) is 0 Å². The fourth-order valence-electron chi connectivity index (χ4n) is 1.77. The van der Waals surface area contributed by atoms with E-state index >= 15 is 0 Å². The fraction of sp³-hybridized carbons (Fsp3) is 0.429. The molecule has 0 aliphatic heterocycles. The Morgan fingerprint density at radius 2 is 1.64 bits per heavy atom. The molecule has 1 aromatic carbocycles. The van der Waals surface area contributed by atoms with E-state index in [1.165, 1.54) is 27.8 Å². The Labute approximate surface area is 87.4 Å². The lowest BCUT2D eigenvalue weighted by Gasteiger charge is -2.16. The van der Waals surface area contributed by atoms with Crippen LogP contribution in [0.4, 0.5) is 0 Å². The number of rotatable bonds is 1. The third-order valence-corrected chi connectivity index (χ3v) is 3.20. The molecule has 1 unspecified atom stereocenters. The monoisotopic (exact) mass is 185 g/mol. The molecule has 0 fully saturated rings. The van der Waals surface area contributed by atoms with Crippen molar-refractivity contribution in [2.45, 2.75) is 40.5 Å². The Morgan fingerprint density at radius 3 is 2.14 bits per heavy atom. The van der Waals surface area contributed by atoms with Crippen LogP contribution in [-0.2, 0) is 0 Å². The summed E-state index contributed by atoms with van der Waals surface area (Å²) in [7, 11) is 0. The van der Waals surface area contributed by atoms with Crippen LogP contribution in [0.3, 0.4) is 0 Å². The van der Waals surface area contributed by atoms with Crippen molar-refractivity contribution in [1.82, 2.24) is 0 Å². The van der Waals surface area contributed by atoms with Gasteiger partial charge in [-0.15, -0.1) is 0 Å². The van der Waals surface area contributed by atoms with Crippen LogP contribution >= 0.6 is 0 Å². The quantitative estimate of drug-likeness (QED) is 0.586. The molecular weight excluding hydrogens is 168 g/mol. The molecule has 0 aliphatic rings. The zero-order chi connectivity index (χ0) is 10.9. The molecule has 0 aliphatic carbocycles. The second-order valence-electron chi connectivity index (χ2n) is 4.02. The highest BCUT2D eigenvalue weighted by atomic mass is 14.1. The van der Waals surface area contributed by atoms with Gasteiger partial charge in [0.05, 0.1) is 0 Å². The normalized spacial score (nSPS) is 12.3. The number of hydrogen-bond donors (Lipinski definition) is 0. The van der Waals surface area contributed by atoms with Crippen LogP contribution in [0.25, 0.3) is 0 Å². The van der Waals surface area contributed by atoms with E-state index in [4.69, 9.17) is 6.42 Å². The molecule has 1 atom stereocenters. The zero-order valence-electron chi connectivity index (χ0n) is 9.65. The van der Waals surface area contributed by atoms with Crippen LogP contribution in [0.2, 0.25) is 0 Å². The Kier molecular flexibility index (Phi) is 3.01. The lowest BCUT2D eigenvalue weighted by molar-refractivity contribution is 0.969. The molecule has 0 nitrogen and oxygen atoms in total. The van der Waals surface area contributed by atoms with Gasteiger partial charge in [0.1, 0.15) is 0 Å². The second kappa shape index (κ2) is 3.88. The van der Waals surface area contributed by atoms with Crippen molar-refractivity contribution < 1.29 is 0 Å². The van der Waals surface area contributed by atoms with Gasteiger partial charge in [-0.3, -0.25) is 0 Å². The highest BCUT2D eigenvalue weighted by Gasteiger charge is 2.10. The van der Waals surface area contributed by atoms with Crippen LogP contribution in [-0.4, -0.2) is 0 Å². The second-order valence-corrected chi connectivity index (χ2v) is 4.02. The summed E-state index contributed by atoms with van der Waals surface area (Å²) in [6, 6.07) is 2.18. The van der Waals surface area contributed by atoms with Crippen LogP contribution in [0.1, 0.15) is 40.7 Å². The summed E-state index contributed by atoms with van der Waals surface area (Å²) in [6.07, 6.45) is 7.19. The highest BCUT2D eigenvalue weighted by Crippen LogP contribution is 2.26. The van der Waals surface area contributed by atoms with Gasteiger partial charge in [0, 0.05) is 5.92 Å². The number of aryl methyl sites for hydroxylation is 1. The van der Waals surface area contributed by atoms with Crippen molar-refractivity contribution in [2.24, 2.45) is 0 Å². The van der Waals surface area contributed by atoms with Crippen molar-refractivity contribution in [1.29, 1.82) is 0 Å². The summed E-state index contributed by atoms with van der Waals surface area (Å²) in [4.78, 5) is 0. The molecule has 1 radical (unpaired) electrons. The molecular formula is C14H17. The van der Waals surface area contributed by atoms with E-state index in [0.717, 1.165) is 0 Å². The van der Waals surface area contributed by atoms with Crippen LogP contribution in [0.15, 0.2) is 6.07 Å². The van der Waals surface area contributed by atoms with Gasteiger partial charge in [0.2, 0.25) is 0 Å². The van der Waals surface area contributed by atoms with Crippen molar-refractivity contribution in [3.05, 3.63) is 40.3 Å². The predicted molar refractivity (Wildman–Crippen MR) is 60.9 cm³/mol. The summed E-state index contributed by atoms with van der Waals surface area (Å²) in [6.45, 7) is 10.6. The van der Waals surface area contributed by atoms with E-state index in [2.05, 4.69) is 39.7 Å². The largest absolute Gasteiger partial charge is 0.0812 e. The lowest BCUT2D eigenvalue weighted by atomic mass is 9.89. The first kappa shape index (κ1) is 10.9. The van der Waals surface area contributed by atoms with E-state index in [-0.39, 0.29) is 5.92 Å². The summed E-state index contributed by atoms with van der Waals surface area (Å²) in [5.41, 5.74) is 6.57. The maximum absolute atomic E-state index is 7.19. The molecule has 73 valence electrons. The molecule has 0 heterocycles. The minimum atomic E-state index is 0.105. The Morgan fingerprint density at radius 1 is 1.07 bits per heavy atom. The molecule has 0 spiro atoms. The Hall–Kier alpha value is -1.22. The Bertz CT molecular complexity index is 391. The third kappa shape index (κ3) is 1.68. The zero-order valence-corrected chi connectivity index (χ0v) is 9.65. The van der Waals surface area contributed by atoms with E-state index in [1.54, 1.807) is 0 Å². The molecule has 1 aromatic rings. The summed E-state index contributed by atoms with van der Waals surface area (Å²) < 4.78 is 0. The molecule has 0 bridgehead atoms. The van der Waals surface area contributed by atoms with Crippen molar-refractivity contribution >= 4 is 0 Å². The predicted octanol–water partition coefficient (Wildman–Crippen LogP) is 3.61. The SMILES string of the molecule is [C]#CC(C)c1cc(C)c(C)c(C)c1C. The first-order valence-corrected chi connectivity index (χ1v) is 4.98. The average molecular weight is 185 g/mol. The molecule has 0 heteroatoms. The first-order chi connectivity index (χ1) is 6.49. The summed E-state index contributed by atoms with van der Waals surface area (Å²) in [5.74, 6) is 2.65. The van der Waals surface area contributed by atoms with E-state index in [9.17, 15) is 0 Å². The summed E-state index contributed by atoms with van der Waals surface area (Å²) in [5, 5.41) is 0. The minimum absolute atomic E-state index is 0.105. The summed E-state index contributed by atoms with van der Waals surface area (Å²) >= 11 is 0. The van der Waals surface area contributed by atoms with Crippen molar-refractivity contribution in [2.75, 3.05) is 0 Å². The molecule has 0 saturated carbocycles. The molecule has 0 N–H and O–H groups in total. The van der Waals surface area contributed by atoms with Gasteiger partial charge >= 0.3 is 0 Å².